The van der Waals surface area contributed by atoms with Gasteiger partial charge in [-0.15, -0.1) is 0 Å². The highest BCUT2D eigenvalue weighted by Crippen LogP contribution is 2.47. The molecule has 0 amide bonds. The summed E-state index contributed by atoms with van der Waals surface area (Å²) in [6, 6.07) is 20.0. The number of rotatable bonds is 20. The molecule has 7 nitrogen and oxygen atoms in total. The van der Waals surface area contributed by atoms with Gasteiger partial charge < -0.3 is 18.9 Å². The molecule has 1 atom stereocenters. The first-order chi connectivity index (χ1) is 24.6. The minimum Gasteiger partial charge on any atom is -0.494 e. The van der Waals surface area contributed by atoms with E-state index in [2.05, 4.69) is 11.7 Å². The summed E-state index contributed by atoms with van der Waals surface area (Å²) in [6.07, 6.45) is -0.313. The number of halogens is 7. The minimum absolute atomic E-state index is 0.0193. The highest BCUT2D eigenvalue weighted by Gasteiger charge is 2.77. The summed E-state index contributed by atoms with van der Waals surface area (Å²) < 4.78 is 109. The predicted octanol–water partition coefficient (Wildman–Crippen LogP) is 10.4. The zero-order chi connectivity index (χ0) is 38.4. The van der Waals surface area contributed by atoms with Gasteiger partial charge in [-0.25, -0.2) is 14.4 Å². The largest absolute Gasteiger partial charge is 0.494 e. The van der Waals surface area contributed by atoms with Crippen LogP contribution in [0, 0.1) is 0 Å². The van der Waals surface area contributed by atoms with E-state index in [1.54, 1.807) is 48.5 Å². The van der Waals surface area contributed by atoms with Crippen LogP contribution in [0.5, 0.6) is 11.5 Å². The second-order valence-electron chi connectivity index (χ2n) is 12.1. The number of benzene rings is 3. The highest BCUT2D eigenvalue weighted by atomic mass is 19.4. The number of carbonyl (C=O) groups is 3. The molecule has 0 spiro atoms. The van der Waals surface area contributed by atoms with E-state index in [0.717, 1.165) is 43.2 Å². The Balaban J connectivity index is 1.36. The standard InChI is InChI=1S/C38H41F7O7/c1-3-4-5-8-11-26(2)51-33(46)30-18-22-32(23-19-30)52-34(47)29-14-12-27(13-15-29)28-16-20-31(21-17-28)49-24-9-6-7-10-25-50-35(48)36(39,40)37(41,42)38(43,44)45/h12-23,26H,3-11,24-25H2,1-2H3/t26-/m0/s1. The first kappa shape index (κ1) is 41.8. The lowest BCUT2D eigenvalue weighted by atomic mass is 10.0. The van der Waals surface area contributed by atoms with E-state index in [9.17, 15) is 45.1 Å². The van der Waals surface area contributed by atoms with Gasteiger partial charge in [-0.1, -0.05) is 50.5 Å². The second-order valence-corrected chi connectivity index (χ2v) is 12.1. The molecule has 0 aliphatic rings. The summed E-state index contributed by atoms with van der Waals surface area (Å²) in [5.41, 5.74) is 2.36. The average molecular weight is 743 g/mol. The first-order valence-corrected chi connectivity index (χ1v) is 16.9. The molecule has 0 aliphatic heterocycles. The third-order valence-electron chi connectivity index (χ3n) is 7.93. The number of carbonyl (C=O) groups excluding carboxylic acids is 3. The Bertz CT molecular complexity index is 1570. The van der Waals surface area contributed by atoms with E-state index in [0.29, 0.717) is 36.1 Å². The molecule has 0 saturated carbocycles. The van der Waals surface area contributed by atoms with E-state index in [1.165, 1.54) is 12.1 Å². The maximum atomic E-state index is 13.3. The minimum atomic E-state index is -6.61. The fourth-order valence-corrected chi connectivity index (χ4v) is 4.85. The fourth-order valence-electron chi connectivity index (χ4n) is 4.85. The van der Waals surface area contributed by atoms with Gasteiger partial charge in [0.25, 0.3) is 0 Å². The molecule has 0 N–H and O–H groups in total. The van der Waals surface area contributed by atoms with Gasteiger partial charge in [0.05, 0.1) is 30.4 Å². The normalized spacial score (nSPS) is 12.6. The molecule has 52 heavy (non-hydrogen) atoms. The maximum Gasteiger partial charge on any atom is 0.460 e. The molecule has 0 fully saturated rings. The smallest absolute Gasteiger partial charge is 0.460 e. The van der Waals surface area contributed by atoms with E-state index < -0.39 is 42.5 Å². The molecular formula is C38H41F7O7. The van der Waals surface area contributed by atoms with Crippen LogP contribution in [0.4, 0.5) is 30.7 Å². The molecule has 3 aromatic carbocycles. The third-order valence-corrected chi connectivity index (χ3v) is 7.93. The van der Waals surface area contributed by atoms with Crippen LogP contribution in [0.25, 0.3) is 11.1 Å². The molecular weight excluding hydrogens is 701 g/mol. The van der Waals surface area contributed by atoms with Crippen molar-refractivity contribution in [2.24, 2.45) is 0 Å². The molecule has 0 aromatic heterocycles. The zero-order valence-corrected chi connectivity index (χ0v) is 28.8. The van der Waals surface area contributed by atoms with Gasteiger partial charge in [0, 0.05) is 0 Å². The number of hydrogen-bond acceptors (Lipinski definition) is 7. The van der Waals surface area contributed by atoms with Crippen molar-refractivity contribution in [3.05, 3.63) is 83.9 Å². The van der Waals surface area contributed by atoms with Crippen LogP contribution >= 0.6 is 0 Å². The van der Waals surface area contributed by atoms with Crippen molar-refractivity contribution < 1.29 is 64.1 Å². The summed E-state index contributed by atoms with van der Waals surface area (Å²) in [4.78, 5) is 36.3. The van der Waals surface area contributed by atoms with Crippen molar-refractivity contribution in [2.75, 3.05) is 13.2 Å². The fraction of sp³-hybridized carbons (Fsp3) is 0.447. The van der Waals surface area contributed by atoms with Crippen LogP contribution < -0.4 is 9.47 Å². The SMILES string of the molecule is CCCCCC[C@H](C)OC(=O)c1ccc(OC(=O)c2ccc(-c3ccc(OCCCCCCOC(=O)C(F)(F)C(F)(F)C(F)(F)F)cc3)cc2)cc1. The lowest BCUT2D eigenvalue weighted by Gasteiger charge is -2.26. The highest BCUT2D eigenvalue weighted by molar-refractivity contribution is 5.92. The lowest BCUT2D eigenvalue weighted by molar-refractivity contribution is -0.348. The molecule has 14 heteroatoms. The van der Waals surface area contributed by atoms with Gasteiger partial charge in [-0.3, -0.25) is 0 Å². The van der Waals surface area contributed by atoms with Gasteiger partial charge in [-0.2, -0.15) is 30.7 Å². The molecule has 3 aromatic rings. The number of alkyl halides is 7. The zero-order valence-electron chi connectivity index (χ0n) is 28.8. The summed E-state index contributed by atoms with van der Waals surface area (Å²) >= 11 is 0. The van der Waals surface area contributed by atoms with Crippen molar-refractivity contribution in [1.29, 1.82) is 0 Å². The molecule has 0 unspecified atom stereocenters. The molecule has 284 valence electrons. The third kappa shape index (κ3) is 12.0. The van der Waals surface area contributed by atoms with Crippen LogP contribution in [0.1, 0.15) is 92.4 Å². The van der Waals surface area contributed by atoms with Gasteiger partial charge in [-0.05, 0) is 105 Å². The Hall–Kier alpha value is -4.62. The van der Waals surface area contributed by atoms with E-state index in [1.807, 2.05) is 19.1 Å². The van der Waals surface area contributed by atoms with Crippen molar-refractivity contribution in [3.8, 4) is 22.6 Å². The van der Waals surface area contributed by atoms with Crippen LogP contribution in [-0.2, 0) is 14.3 Å². The van der Waals surface area contributed by atoms with Gasteiger partial charge in [0.1, 0.15) is 11.5 Å². The molecule has 0 radical (unpaired) electrons. The molecule has 0 aliphatic carbocycles. The monoisotopic (exact) mass is 742 g/mol. The van der Waals surface area contributed by atoms with Crippen molar-refractivity contribution in [3.63, 3.8) is 0 Å². The van der Waals surface area contributed by atoms with Crippen LogP contribution in [0.2, 0.25) is 0 Å². The Morgan fingerprint density at radius 2 is 1.12 bits per heavy atom. The van der Waals surface area contributed by atoms with Crippen molar-refractivity contribution >= 4 is 17.9 Å². The lowest BCUT2D eigenvalue weighted by Crippen LogP contribution is -2.56. The van der Waals surface area contributed by atoms with E-state index in [4.69, 9.17) is 14.2 Å². The molecule has 0 heterocycles. The second kappa shape index (κ2) is 19.3. The van der Waals surface area contributed by atoms with Gasteiger partial charge in [0.15, 0.2) is 0 Å². The van der Waals surface area contributed by atoms with Gasteiger partial charge >= 0.3 is 35.9 Å². The summed E-state index contributed by atoms with van der Waals surface area (Å²) in [6.45, 7) is 3.55. The Morgan fingerprint density at radius 3 is 1.69 bits per heavy atom. The number of hydrogen-bond donors (Lipinski definition) is 0. The van der Waals surface area contributed by atoms with Crippen molar-refractivity contribution in [1.82, 2.24) is 0 Å². The molecule has 0 bridgehead atoms. The Labute approximate surface area is 297 Å². The average Bonchev–Trinajstić information content (AvgIpc) is 3.11. The first-order valence-electron chi connectivity index (χ1n) is 16.9. The van der Waals surface area contributed by atoms with Gasteiger partial charge in [0.2, 0.25) is 0 Å². The summed E-state index contributed by atoms with van der Waals surface area (Å²) in [7, 11) is 0. The summed E-state index contributed by atoms with van der Waals surface area (Å²) in [5, 5.41) is 0. The van der Waals surface area contributed by atoms with E-state index in [-0.39, 0.29) is 24.9 Å². The Morgan fingerprint density at radius 1 is 0.615 bits per heavy atom. The van der Waals surface area contributed by atoms with E-state index >= 15 is 0 Å². The quantitative estimate of drug-likeness (QED) is 0.0493. The molecule has 0 saturated heterocycles. The number of esters is 3. The number of ether oxygens (including phenoxy) is 4. The van der Waals surface area contributed by atoms with Crippen LogP contribution in [-0.4, -0.2) is 55.2 Å². The summed E-state index contributed by atoms with van der Waals surface area (Å²) in [5.74, 6) is -15.7. The molecule has 3 rings (SSSR count). The van der Waals surface area contributed by atoms with Crippen molar-refractivity contribution in [2.45, 2.75) is 95.8 Å². The van der Waals surface area contributed by atoms with Crippen LogP contribution in [0.3, 0.4) is 0 Å². The van der Waals surface area contributed by atoms with Crippen LogP contribution in [0.15, 0.2) is 72.8 Å². The maximum absolute atomic E-state index is 13.3. The number of unbranched alkanes of at least 4 members (excludes halogenated alkanes) is 6. The predicted molar refractivity (Wildman–Crippen MR) is 178 cm³/mol. The Kier molecular flexibility index (Phi) is 15.5. The topological polar surface area (TPSA) is 88.1 Å².